The molecular formula is C51H102N2O2. The summed E-state index contributed by atoms with van der Waals surface area (Å²) in [5, 5.41) is 6.68. The van der Waals surface area contributed by atoms with Crippen molar-refractivity contribution < 1.29 is 9.59 Å². The number of nitrogens with one attached hydrogen (secondary N) is 2. The molecule has 2 amide bonds. The van der Waals surface area contributed by atoms with E-state index in [0.717, 1.165) is 64.5 Å². The largest absolute Gasteiger partial charge is 0.356 e. The van der Waals surface area contributed by atoms with E-state index in [-0.39, 0.29) is 11.8 Å². The summed E-state index contributed by atoms with van der Waals surface area (Å²) >= 11 is 0. The van der Waals surface area contributed by atoms with Gasteiger partial charge in [-0.15, -0.1) is 0 Å². The fourth-order valence-corrected chi connectivity index (χ4v) is 8.40. The average Bonchev–Trinajstić information content (AvgIpc) is 3.19. The fourth-order valence-electron chi connectivity index (χ4n) is 8.40. The Morgan fingerprint density at radius 2 is 0.455 bits per heavy atom. The van der Waals surface area contributed by atoms with Gasteiger partial charge in [-0.05, 0) is 38.5 Å². The van der Waals surface area contributed by atoms with Crippen LogP contribution in [0.15, 0.2) is 0 Å². The van der Waals surface area contributed by atoms with E-state index in [4.69, 9.17) is 0 Å². The van der Waals surface area contributed by atoms with Crippen LogP contribution in [0, 0.1) is 11.8 Å². The molecule has 4 nitrogen and oxygen atoms in total. The van der Waals surface area contributed by atoms with Gasteiger partial charge in [-0.3, -0.25) is 9.59 Å². The number of carbonyl (C=O) groups is 2. The van der Waals surface area contributed by atoms with Crippen molar-refractivity contribution in [1.82, 2.24) is 10.6 Å². The third-order valence-electron chi connectivity index (χ3n) is 12.3. The van der Waals surface area contributed by atoms with Crippen molar-refractivity contribution in [3.63, 3.8) is 0 Å². The first-order valence-corrected chi connectivity index (χ1v) is 25.7. The van der Waals surface area contributed by atoms with E-state index in [0.29, 0.717) is 11.8 Å². The third-order valence-corrected chi connectivity index (χ3v) is 12.3. The van der Waals surface area contributed by atoms with Crippen LogP contribution in [-0.2, 0) is 9.59 Å². The smallest absolute Gasteiger partial charge is 0.223 e. The van der Waals surface area contributed by atoms with Crippen LogP contribution in [0.25, 0.3) is 0 Å². The van der Waals surface area contributed by atoms with Gasteiger partial charge < -0.3 is 10.6 Å². The molecule has 0 fully saturated rings. The standard InChI is InChI=1S/C51H102N2O2/c1-5-9-13-17-21-25-30-36-42-48(43-37-31-26-22-18-14-10-6-2)50(54)52-46-40-34-29-35-41-47-53-51(55)49(44-38-32-27-23-19-15-11-7-3)45-39-33-28-24-20-16-12-8-4/h48-49H,5-47H2,1-4H3,(H,52,54)(H,53,55). The highest BCUT2D eigenvalue weighted by atomic mass is 16.2. The molecule has 0 aliphatic carbocycles. The Labute approximate surface area is 346 Å². The highest BCUT2D eigenvalue weighted by Crippen LogP contribution is 2.22. The molecule has 0 aliphatic heterocycles. The van der Waals surface area contributed by atoms with Crippen LogP contribution in [0.3, 0.4) is 0 Å². The number of amides is 2. The predicted octanol–water partition coefficient (Wildman–Crippen LogP) is 16.5. The highest BCUT2D eigenvalue weighted by Gasteiger charge is 2.18. The first-order chi connectivity index (χ1) is 27.1. The first-order valence-electron chi connectivity index (χ1n) is 25.7. The van der Waals surface area contributed by atoms with Crippen LogP contribution in [0.4, 0.5) is 0 Å². The third kappa shape index (κ3) is 39.5. The van der Waals surface area contributed by atoms with Crippen molar-refractivity contribution in [2.45, 2.75) is 291 Å². The lowest BCUT2D eigenvalue weighted by Gasteiger charge is -2.17. The molecule has 0 saturated heterocycles. The lowest BCUT2D eigenvalue weighted by molar-refractivity contribution is -0.126. The van der Waals surface area contributed by atoms with Crippen LogP contribution >= 0.6 is 0 Å². The van der Waals surface area contributed by atoms with Crippen molar-refractivity contribution in [2.75, 3.05) is 13.1 Å². The Morgan fingerprint density at radius 1 is 0.273 bits per heavy atom. The van der Waals surface area contributed by atoms with E-state index in [2.05, 4.69) is 38.3 Å². The number of hydrogen-bond acceptors (Lipinski definition) is 2. The monoisotopic (exact) mass is 775 g/mol. The molecule has 0 aliphatic rings. The van der Waals surface area contributed by atoms with Crippen molar-refractivity contribution in [1.29, 1.82) is 0 Å². The molecular weight excluding hydrogens is 673 g/mol. The molecule has 0 aromatic rings. The topological polar surface area (TPSA) is 58.2 Å². The second-order valence-electron chi connectivity index (χ2n) is 17.8. The van der Waals surface area contributed by atoms with Crippen molar-refractivity contribution in [2.24, 2.45) is 11.8 Å². The molecule has 0 radical (unpaired) electrons. The normalized spacial score (nSPS) is 11.6. The van der Waals surface area contributed by atoms with Gasteiger partial charge in [0.1, 0.15) is 0 Å². The summed E-state index contributed by atoms with van der Waals surface area (Å²) in [5.41, 5.74) is 0. The van der Waals surface area contributed by atoms with E-state index in [1.54, 1.807) is 0 Å². The van der Waals surface area contributed by atoms with E-state index in [1.807, 2.05) is 0 Å². The minimum atomic E-state index is 0.207. The van der Waals surface area contributed by atoms with Crippen molar-refractivity contribution in [3.05, 3.63) is 0 Å². The average molecular weight is 775 g/mol. The first kappa shape index (κ1) is 53.9. The second-order valence-corrected chi connectivity index (χ2v) is 17.8. The Morgan fingerprint density at radius 3 is 0.673 bits per heavy atom. The van der Waals surface area contributed by atoms with Gasteiger partial charge in [0.05, 0.1) is 0 Å². The maximum absolute atomic E-state index is 13.3. The molecule has 0 aromatic carbocycles. The van der Waals surface area contributed by atoms with Crippen LogP contribution in [0.2, 0.25) is 0 Å². The zero-order valence-corrected chi connectivity index (χ0v) is 38.4. The molecule has 0 unspecified atom stereocenters. The molecule has 55 heavy (non-hydrogen) atoms. The Kier molecular flexibility index (Phi) is 44.8. The van der Waals surface area contributed by atoms with Gasteiger partial charge in [0.25, 0.3) is 0 Å². The lowest BCUT2D eigenvalue weighted by Crippen LogP contribution is -2.31. The number of rotatable bonds is 46. The van der Waals surface area contributed by atoms with Crippen LogP contribution in [0.5, 0.6) is 0 Å². The SMILES string of the molecule is CCCCCCCCCCC(CCCCCCCCCC)C(=O)NCCCCCCCNC(=O)C(CCCCCCCCCC)CCCCCCCCCC. The van der Waals surface area contributed by atoms with Crippen LogP contribution in [0.1, 0.15) is 291 Å². The van der Waals surface area contributed by atoms with E-state index in [9.17, 15) is 9.59 Å². The van der Waals surface area contributed by atoms with Gasteiger partial charge >= 0.3 is 0 Å². The van der Waals surface area contributed by atoms with E-state index >= 15 is 0 Å². The zero-order valence-electron chi connectivity index (χ0n) is 38.4. The molecule has 0 rings (SSSR count). The molecule has 0 aromatic heterocycles. The number of hydrogen-bond donors (Lipinski definition) is 2. The van der Waals surface area contributed by atoms with E-state index in [1.165, 1.54) is 212 Å². The number of carbonyl (C=O) groups excluding carboxylic acids is 2. The summed E-state index contributed by atoms with van der Waals surface area (Å²) in [6.07, 6.45) is 52.5. The Balaban J connectivity index is 4.38. The maximum atomic E-state index is 13.3. The van der Waals surface area contributed by atoms with Gasteiger partial charge in [0.2, 0.25) is 11.8 Å². The van der Waals surface area contributed by atoms with Gasteiger partial charge in [-0.25, -0.2) is 0 Å². The second kappa shape index (κ2) is 45.6. The lowest BCUT2D eigenvalue weighted by atomic mass is 9.93. The number of unbranched alkanes of at least 4 members (excludes halogenated alkanes) is 32. The summed E-state index contributed by atoms with van der Waals surface area (Å²) in [6, 6.07) is 0. The molecule has 4 heteroatoms. The molecule has 0 atom stereocenters. The Bertz CT molecular complexity index is 668. The molecule has 0 bridgehead atoms. The summed E-state index contributed by atoms with van der Waals surface area (Å²) in [5.74, 6) is 1.06. The minimum Gasteiger partial charge on any atom is -0.356 e. The molecule has 2 N–H and O–H groups in total. The summed E-state index contributed by atoms with van der Waals surface area (Å²) in [6.45, 7) is 10.8. The fraction of sp³-hybridized carbons (Fsp3) is 0.961. The quantitative estimate of drug-likeness (QED) is 0.0605. The molecule has 0 saturated carbocycles. The molecule has 328 valence electrons. The maximum Gasteiger partial charge on any atom is 0.223 e. The van der Waals surface area contributed by atoms with Crippen molar-refractivity contribution >= 4 is 11.8 Å². The molecule has 0 heterocycles. The van der Waals surface area contributed by atoms with Gasteiger partial charge in [-0.1, -0.05) is 252 Å². The van der Waals surface area contributed by atoms with Gasteiger partial charge in [0, 0.05) is 24.9 Å². The summed E-state index contributed by atoms with van der Waals surface area (Å²) in [7, 11) is 0. The van der Waals surface area contributed by atoms with E-state index < -0.39 is 0 Å². The van der Waals surface area contributed by atoms with Crippen LogP contribution < -0.4 is 10.6 Å². The summed E-state index contributed by atoms with van der Waals surface area (Å²) < 4.78 is 0. The minimum absolute atomic E-state index is 0.207. The summed E-state index contributed by atoms with van der Waals surface area (Å²) in [4.78, 5) is 26.5. The van der Waals surface area contributed by atoms with Gasteiger partial charge in [0.15, 0.2) is 0 Å². The molecule has 0 spiro atoms. The van der Waals surface area contributed by atoms with Crippen LogP contribution in [-0.4, -0.2) is 24.9 Å². The van der Waals surface area contributed by atoms with Crippen molar-refractivity contribution in [3.8, 4) is 0 Å². The Hall–Kier alpha value is -1.06. The van der Waals surface area contributed by atoms with Gasteiger partial charge in [-0.2, -0.15) is 0 Å². The zero-order chi connectivity index (χ0) is 40.1. The predicted molar refractivity (Wildman–Crippen MR) is 245 cm³/mol. The highest BCUT2D eigenvalue weighted by molar-refractivity contribution is 5.78.